The quantitative estimate of drug-likeness (QED) is 0.719. The summed E-state index contributed by atoms with van der Waals surface area (Å²) in [7, 11) is 0. The molecule has 1 heterocycles. The summed E-state index contributed by atoms with van der Waals surface area (Å²) in [5, 5.41) is 9.91. The summed E-state index contributed by atoms with van der Waals surface area (Å²) in [6, 6.07) is 16.7. The molecule has 1 aromatic heterocycles. The van der Waals surface area contributed by atoms with Gasteiger partial charge in [0.1, 0.15) is 0 Å². The first-order valence-electron chi connectivity index (χ1n) is 8.36. The Labute approximate surface area is 151 Å². The van der Waals surface area contributed by atoms with Crippen LogP contribution in [0.1, 0.15) is 22.8 Å². The fourth-order valence-corrected chi connectivity index (χ4v) is 2.54. The van der Waals surface area contributed by atoms with E-state index in [-0.39, 0.29) is 11.8 Å². The van der Waals surface area contributed by atoms with E-state index in [1.54, 1.807) is 30.5 Å². The monoisotopic (exact) mass is 348 g/mol. The van der Waals surface area contributed by atoms with E-state index in [9.17, 15) is 9.59 Å². The molecule has 0 spiro atoms. The maximum absolute atomic E-state index is 12.2. The van der Waals surface area contributed by atoms with Gasteiger partial charge in [0.2, 0.25) is 5.91 Å². The smallest absolute Gasteiger partial charge is 0.251 e. The predicted molar refractivity (Wildman–Crippen MR) is 100 cm³/mol. The highest BCUT2D eigenvalue weighted by atomic mass is 16.2. The molecule has 3 rings (SSSR count). The van der Waals surface area contributed by atoms with E-state index in [2.05, 4.69) is 15.7 Å². The van der Waals surface area contributed by atoms with E-state index < -0.39 is 0 Å². The van der Waals surface area contributed by atoms with Crippen LogP contribution in [-0.2, 0) is 11.2 Å². The number of rotatable bonds is 6. The standard InChI is InChI=1S/C20H20N4O2/c1-15(25)23-18-9-7-17(8-10-18)20(26)21-12-11-16-13-22-24(14-16)19-5-3-2-4-6-19/h2-10,13-14H,11-12H2,1H3,(H,21,26)(H,23,25). The molecule has 26 heavy (non-hydrogen) atoms. The van der Waals surface area contributed by atoms with Crippen molar-refractivity contribution in [1.29, 1.82) is 0 Å². The van der Waals surface area contributed by atoms with Crippen molar-refractivity contribution in [3.63, 3.8) is 0 Å². The van der Waals surface area contributed by atoms with Gasteiger partial charge in [0.05, 0.1) is 11.9 Å². The second-order valence-electron chi connectivity index (χ2n) is 5.89. The third-order valence-corrected chi connectivity index (χ3v) is 3.82. The number of aromatic nitrogens is 2. The van der Waals surface area contributed by atoms with E-state index in [4.69, 9.17) is 0 Å². The lowest BCUT2D eigenvalue weighted by atomic mass is 10.2. The predicted octanol–water partition coefficient (Wildman–Crippen LogP) is 2.80. The highest BCUT2D eigenvalue weighted by Crippen LogP contribution is 2.10. The summed E-state index contributed by atoms with van der Waals surface area (Å²) in [6.45, 7) is 1.97. The third-order valence-electron chi connectivity index (χ3n) is 3.82. The van der Waals surface area contributed by atoms with Crippen LogP contribution in [-0.4, -0.2) is 28.1 Å². The molecule has 2 N–H and O–H groups in total. The average Bonchev–Trinajstić information content (AvgIpc) is 3.11. The van der Waals surface area contributed by atoms with Crippen LogP contribution in [0.2, 0.25) is 0 Å². The van der Waals surface area contributed by atoms with Gasteiger partial charge in [0, 0.05) is 30.9 Å². The van der Waals surface area contributed by atoms with E-state index >= 15 is 0 Å². The zero-order valence-electron chi connectivity index (χ0n) is 14.5. The Kier molecular flexibility index (Phi) is 5.43. The van der Waals surface area contributed by atoms with Gasteiger partial charge in [0.15, 0.2) is 0 Å². The minimum absolute atomic E-state index is 0.141. The van der Waals surface area contributed by atoms with Crippen molar-refractivity contribution in [2.75, 3.05) is 11.9 Å². The zero-order chi connectivity index (χ0) is 18.4. The first-order valence-corrected chi connectivity index (χ1v) is 8.36. The second-order valence-corrected chi connectivity index (χ2v) is 5.89. The molecule has 2 aromatic carbocycles. The van der Waals surface area contributed by atoms with Gasteiger partial charge in [-0.25, -0.2) is 4.68 Å². The Morgan fingerprint density at radius 1 is 1.04 bits per heavy atom. The fraction of sp³-hybridized carbons (Fsp3) is 0.150. The highest BCUT2D eigenvalue weighted by molar-refractivity contribution is 5.95. The lowest BCUT2D eigenvalue weighted by molar-refractivity contribution is -0.114. The Hall–Kier alpha value is -3.41. The first kappa shape index (κ1) is 17.4. The molecule has 0 saturated carbocycles. The molecule has 0 atom stereocenters. The molecule has 0 aliphatic rings. The topological polar surface area (TPSA) is 76.0 Å². The number of carbonyl (C=O) groups is 2. The number of hydrogen-bond acceptors (Lipinski definition) is 3. The number of anilines is 1. The molecular formula is C20H20N4O2. The molecule has 0 saturated heterocycles. The molecule has 0 aliphatic carbocycles. The average molecular weight is 348 g/mol. The van der Waals surface area contributed by atoms with Gasteiger partial charge in [-0.3, -0.25) is 9.59 Å². The Morgan fingerprint density at radius 3 is 2.46 bits per heavy atom. The number of nitrogens with zero attached hydrogens (tertiary/aromatic N) is 2. The normalized spacial score (nSPS) is 10.3. The van der Waals surface area contributed by atoms with Crippen molar-refractivity contribution in [2.45, 2.75) is 13.3 Å². The highest BCUT2D eigenvalue weighted by Gasteiger charge is 2.06. The Balaban J connectivity index is 1.51. The molecule has 3 aromatic rings. The molecule has 0 fully saturated rings. The molecule has 0 radical (unpaired) electrons. The molecule has 0 bridgehead atoms. The minimum Gasteiger partial charge on any atom is -0.352 e. The van der Waals surface area contributed by atoms with E-state index in [1.165, 1.54) is 6.92 Å². The number of carbonyl (C=O) groups excluding carboxylic acids is 2. The third kappa shape index (κ3) is 4.57. The second kappa shape index (κ2) is 8.11. The van der Waals surface area contributed by atoms with E-state index in [0.29, 0.717) is 24.2 Å². The molecule has 132 valence electrons. The van der Waals surface area contributed by atoms with Gasteiger partial charge < -0.3 is 10.6 Å². The van der Waals surface area contributed by atoms with Crippen molar-refractivity contribution in [2.24, 2.45) is 0 Å². The van der Waals surface area contributed by atoms with Gasteiger partial charge in [-0.05, 0) is 48.4 Å². The van der Waals surface area contributed by atoms with Crippen LogP contribution in [0.15, 0.2) is 67.0 Å². The van der Waals surface area contributed by atoms with Gasteiger partial charge in [-0.2, -0.15) is 5.10 Å². The fourth-order valence-electron chi connectivity index (χ4n) is 2.54. The van der Waals surface area contributed by atoms with Crippen LogP contribution in [0, 0.1) is 0 Å². The van der Waals surface area contributed by atoms with Crippen LogP contribution in [0.25, 0.3) is 5.69 Å². The SMILES string of the molecule is CC(=O)Nc1ccc(C(=O)NCCc2cnn(-c3ccccc3)c2)cc1. The zero-order valence-corrected chi connectivity index (χ0v) is 14.5. The van der Waals surface area contributed by atoms with E-state index in [0.717, 1.165) is 11.3 Å². The van der Waals surface area contributed by atoms with Crippen molar-refractivity contribution in [3.05, 3.63) is 78.1 Å². The maximum Gasteiger partial charge on any atom is 0.251 e. The summed E-state index contributed by atoms with van der Waals surface area (Å²) in [4.78, 5) is 23.2. The van der Waals surface area contributed by atoms with Gasteiger partial charge in [-0.15, -0.1) is 0 Å². The number of nitrogens with one attached hydrogen (secondary N) is 2. The first-order chi connectivity index (χ1) is 12.6. The number of para-hydroxylation sites is 1. The van der Waals surface area contributed by atoms with Crippen molar-refractivity contribution in [1.82, 2.24) is 15.1 Å². The molecule has 6 nitrogen and oxygen atoms in total. The lowest BCUT2D eigenvalue weighted by Gasteiger charge is -2.06. The largest absolute Gasteiger partial charge is 0.352 e. The van der Waals surface area contributed by atoms with Gasteiger partial charge in [-0.1, -0.05) is 18.2 Å². The summed E-state index contributed by atoms with van der Waals surface area (Å²) in [6.07, 6.45) is 4.47. The molecular weight excluding hydrogens is 328 g/mol. The summed E-state index contributed by atoms with van der Waals surface area (Å²) >= 11 is 0. The number of benzene rings is 2. The number of amides is 2. The van der Waals surface area contributed by atoms with Crippen LogP contribution in [0.4, 0.5) is 5.69 Å². The van der Waals surface area contributed by atoms with Crippen LogP contribution < -0.4 is 10.6 Å². The van der Waals surface area contributed by atoms with Crippen LogP contribution in [0.5, 0.6) is 0 Å². The van der Waals surface area contributed by atoms with Crippen LogP contribution >= 0.6 is 0 Å². The van der Waals surface area contributed by atoms with Gasteiger partial charge >= 0.3 is 0 Å². The van der Waals surface area contributed by atoms with Gasteiger partial charge in [0.25, 0.3) is 5.91 Å². The molecule has 0 aliphatic heterocycles. The van der Waals surface area contributed by atoms with Crippen molar-refractivity contribution in [3.8, 4) is 5.69 Å². The minimum atomic E-state index is -0.144. The Morgan fingerprint density at radius 2 is 1.77 bits per heavy atom. The summed E-state index contributed by atoms with van der Waals surface area (Å²) in [5.41, 5.74) is 3.28. The lowest BCUT2D eigenvalue weighted by Crippen LogP contribution is -2.25. The Bertz CT molecular complexity index is 886. The van der Waals surface area contributed by atoms with E-state index in [1.807, 2.05) is 41.2 Å². The summed E-state index contributed by atoms with van der Waals surface area (Å²) in [5.74, 6) is -0.284. The molecule has 2 amide bonds. The van der Waals surface area contributed by atoms with Crippen molar-refractivity contribution >= 4 is 17.5 Å². The van der Waals surface area contributed by atoms with Crippen molar-refractivity contribution < 1.29 is 9.59 Å². The summed E-state index contributed by atoms with van der Waals surface area (Å²) < 4.78 is 1.82. The van der Waals surface area contributed by atoms with Crippen LogP contribution in [0.3, 0.4) is 0 Å². The maximum atomic E-state index is 12.2. The molecule has 6 heteroatoms. The number of hydrogen-bond donors (Lipinski definition) is 2. The molecule has 0 unspecified atom stereocenters.